The van der Waals surface area contributed by atoms with Gasteiger partial charge in [0.05, 0.1) is 18.1 Å². The molecule has 1 saturated heterocycles. The zero-order valence-electron chi connectivity index (χ0n) is 15.3. The van der Waals surface area contributed by atoms with Gasteiger partial charge in [-0.15, -0.1) is 0 Å². The maximum absolute atomic E-state index is 12.7. The van der Waals surface area contributed by atoms with E-state index >= 15 is 0 Å². The lowest BCUT2D eigenvalue weighted by Gasteiger charge is -2.21. The van der Waals surface area contributed by atoms with Gasteiger partial charge in [0.25, 0.3) is 21.6 Å². The number of sulfonamides is 1. The second-order valence-corrected chi connectivity index (χ2v) is 7.96. The van der Waals surface area contributed by atoms with Crippen LogP contribution in [0.3, 0.4) is 0 Å². The fraction of sp³-hybridized carbons (Fsp3) is 0.176. The molecular formula is C17H16N4O7S. The third kappa shape index (κ3) is 3.69. The first-order chi connectivity index (χ1) is 13.6. The number of methoxy groups -OCH3 is 1. The number of hydrogen-bond acceptors (Lipinski definition) is 7. The van der Waals surface area contributed by atoms with Crippen LogP contribution in [0.15, 0.2) is 47.4 Å². The van der Waals surface area contributed by atoms with Gasteiger partial charge in [-0.2, -0.15) is 0 Å². The van der Waals surface area contributed by atoms with Crippen LogP contribution in [-0.2, 0) is 20.4 Å². The number of benzene rings is 2. The fourth-order valence-corrected chi connectivity index (χ4v) is 4.05. The molecule has 12 heteroatoms. The maximum atomic E-state index is 12.7. The smallest absolute Gasteiger partial charge is 0.322 e. The van der Waals surface area contributed by atoms with Gasteiger partial charge in [-0.3, -0.25) is 24.9 Å². The van der Waals surface area contributed by atoms with E-state index in [0.717, 1.165) is 12.1 Å². The third-order valence-electron chi connectivity index (χ3n) is 4.39. The van der Waals surface area contributed by atoms with Crippen LogP contribution >= 0.6 is 0 Å². The number of rotatable bonds is 6. The van der Waals surface area contributed by atoms with Crippen molar-refractivity contribution in [1.82, 2.24) is 10.6 Å². The normalized spacial score (nSPS) is 18.7. The number of urea groups is 1. The first kappa shape index (κ1) is 20.1. The van der Waals surface area contributed by atoms with Crippen molar-refractivity contribution in [2.45, 2.75) is 17.4 Å². The van der Waals surface area contributed by atoms with E-state index in [1.54, 1.807) is 6.07 Å². The van der Waals surface area contributed by atoms with Crippen molar-refractivity contribution < 1.29 is 27.7 Å². The van der Waals surface area contributed by atoms with Crippen LogP contribution in [0.2, 0.25) is 0 Å². The Morgan fingerprint density at radius 2 is 1.90 bits per heavy atom. The summed E-state index contributed by atoms with van der Waals surface area (Å²) in [5, 5.41) is 15.9. The highest BCUT2D eigenvalue weighted by molar-refractivity contribution is 7.92. The van der Waals surface area contributed by atoms with E-state index in [1.165, 1.54) is 38.3 Å². The highest BCUT2D eigenvalue weighted by atomic mass is 32.2. The van der Waals surface area contributed by atoms with Gasteiger partial charge in [0, 0.05) is 5.69 Å². The van der Waals surface area contributed by atoms with Crippen molar-refractivity contribution in [1.29, 1.82) is 0 Å². The van der Waals surface area contributed by atoms with Crippen LogP contribution in [0.25, 0.3) is 0 Å². The number of anilines is 1. The summed E-state index contributed by atoms with van der Waals surface area (Å²) in [6.45, 7) is 1.47. The molecule has 0 radical (unpaired) electrons. The molecule has 152 valence electrons. The summed E-state index contributed by atoms with van der Waals surface area (Å²) < 4.78 is 32.7. The Labute approximate surface area is 165 Å². The van der Waals surface area contributed by atoms with Gasteiger partial charge in [-0.05, 0) is 36.8 Å². The second-order valence-electron chi connectivity index (χ2n) is 6.31. The second kappa shape index (κ2) is 7.05. The summed E-state index contributed by atoms with van der Waals surface area (Å²) in [5.41, 5.74) is -1.65. The Kier molecular flexibility index (Phi) is 4.88. The number of ether oxygens (including phenoxy) is 1. The fourth-order valence-electron chi connectivity index (χ4n) is 2.84. The van der Waals surface area contributed by atoms with Crippen LogP contribution in [-0.4, -0.2) is 32.4 Å². The number of imide groups is 1. The number of nitro groups is 1. The monoisotopic (exact) mass is 420 g/mol. The van der Waals surface area contributed by atoms with E-state index in [-0.39, 0.29) is 11.4 Å². The van der Waals surface area contributed by atoms with E-state index < -0.39 is 43.0 Å². The van der Waals surface area contributed by atoms with Gasteiger partial charge < -0.3 is 10.1 Å². The molecule has 0 aromatic heterocycles. The van der Waals surface area contributed by atoms with Crippen LogP contribution in [0, 0.1) is 10.1 Å². The van der Waals surface area contributed by atoms with Crippen molar-refractivity contribution in [3.8, 4) is 5.75 Å². The Morgan fingerprint density at radius 3 is 2.48 bits per heavy atom. The Balaban J connectivity index is 1.98. The molecule has 3 amide bonds. The minimum absolute atomic E-state index is 0.0581. The molecule has 0 saturated carbocycles. The Bertz CT molecular complexity index is 1130. The Hall–Kier alpha value is -3.67. The first-order valence-corrected chi connectivity index (χ1v) is 9.64. The summed E-state index contributed by atoms with van der Waals surface area (Å²) in [5.74, 6) is -0.457. The molecule has 29 heavy (non-hydrogen) atoms. The molecule has 0 bridgehead atoms. The van der Waals surface area contributed by atoms with Gasteiger partial charge in [0.2, 0.25) is 0 Å². The molecule has 11 nitrogen and oxygen atoms in total. The minimum Gasteiger partial charge on any atom is -0.497 e. The van der Waals surface area contributed by atoms with Crippen molar-refractivity contribution in [2.75, 3.05) is 11.8 Å². The standard InChI is InChI=1S/C17H16N4O7S/c1-17(15(22)18-16(23)19-17)10-4-3-5-11(8-10)20-29(26,27)14-7-6-12(28-2)9-13(14)21(24)25/h3-9,20H,1-2H3,(H2,18,19,22,23). The quantitative estimate of drug-likeness (QED) is 0.363. The minimum atomic E-state index is -4.33. The van der Waals surface area contributed by atoms with Gasteiger partial charge in [-0.25, -0.2) is 13.2 Å². The topological polar surface area (TPSA) is 157 Å². The summed E-state index contributed by atoms with van der Waals surface area (Å²) in [6.07, 6.45) is 0. The average molecular weight is 420 g/mol. The van der Waals surface area contributed by atoms with Gasteiger partial charge >= 0.3 is 6.03 Å². The predicted molar refractivity (Wildman–Crippen MR) is 101 cm³/mol. The van der Waals surface area contributed by atoms with Crippen molar-refractivity contribution >= 4 is 33.3 Å². The van der Waals surface area contributed by atoms with Crippen molar-refractivity contribution in [3.63, 3.8) is 0 Å². The Morgan fingerprint density at radius 1 is 1.17 bits per heavy atom. The lowest BCUT2D eigenvalue weighted by atomic mass is 9.92. The molecule has 2 aromatic carbocycles. The number of nitrogens with one attached hydrogen (secondary N) is 3. The van der Waals surface area contributed by atoms with Gasteiger partial charge in [-0.1, -0.05) is 12.1 Å². The summed E-state index contributed by atoms with van der Waals surface area (Å²) in [7, 11) is -3.03. The van der Waals surface area contributed by atoms with E-state index in [1.807, 2.05) is 0 Å². The first-order valence-electron chi connectivity index (χ1n) is 8.16. The summed E-state index contributed by atoms with van der Waals surface area (Å²) in [6, 6.07) is 8.48. The molecule has 3 rings (SSSR count). The summed E-state index contributed by atoms with van der Waals surface area (Å²) in [4.78, 5) is 33.5. The average Bonchev–Trinajstić information content (AvgIpc) is 2.93. The largest absolute Gasteiger partial charge is 0.497 e. The number of amides is 3. The van der Waals surface area contributed by atoms with Crippen molar-refractivity contribution in [2.24, 2.45) is 0 Å². The zero-order valence-corrected chi connectivity index (χ0v) is 16.1. The third-order valence-corrected chi connectivity index (χ3v) is 5.82. The van der Waals surface area contributed by atoms with Crippen LogP contribution in [0.5, 0.6) is 5.75 Å². The molecule has 1 atom stereocenters. The molecule has 1 fully saturated rings. The van der Waals surface area contributed by atoms with E-state index in [9.17, 15) is 28.1 Å². The number of carbonyl (C=O) groups excluding carboxylic acids is 2. The van der Waals surface area contributed by atoms with E-state index in [4.69, 9.17) is 4.74 Å². The SMILES string of the molecule is COc1ccc(S(=O)(=O)Nc2cccc(C3(C)NC(=O)NC3=O)c2)c([N+](=O)[O-])c1. The zero-order chi connectivity index (χ0) is 21.4. The molecule has 1 heterocycles. The van der Waals surface area contributed by atoms with Crippen LogP contribution in [0.1, 0.15) is 12.5 Å². The molecule has 2 aromatic rings. The number of hydrogen-bond donors (Lipinski definition) is 3. The molecule has 3 N–H and O–H groups in total. The maximum Gasteiger partial charge on any atom is 0.322 e. The van der Waals surface area contributed by atoms with Crippen LogP contribution < -0.4 is 20.1 Å². The predicted octanol–water partition coefficient (Wildman–Crippen LogP) is 1.46. The van der Waals surface area contributed by atoms with Crippen molar-refractivity contribution in [3.05, 3.63) is 58.1 Å². The van der Waals surface area contributed by atoms with Gasteiger partial charge in [0.15, 0.2) is 4.90 Å². The van der Waals surface area contributed by atoms with E-state index in [2.05, 4.69) is 15.4 Å². The molecule has 0 aliphatic carbocycles. The van der Waals surface area contributed by atoms with Crippen LogP contribution in [0.4, 0.5) is 16.2 Å². The lowest BCUT2D eigenvalue weighted by molar-refractivity contribution is -0.387. The molecule has 0 spiro atoms. The molecular weight excluding hydrogens is 404 g/mol. The highest BCUT2D eigenvalue weighted by Gasteiger charge is 2.43. The molecule has 1 unspecified atom stereocenters. The summed E-state index contributed by atoms with van der Waals surface area (Å²) >= 11 is 0. The number of nitro benzene ring substituents is 1. The number of carbonyl (C=O) groups is 2. The van der Waals surface area contributed by atoms with E-state index in [0.29, 0.717) is 5.56 Å². The highest BCUT2D eigenvalue weighted by Crippen LogP contribution is 2.31. The number of nitrogens with zero attached hydrogens (tertiary/aromatic N) is 1. The molecule has 1 aliphatic rings. The molecule has 1 aliphatic heterocycles. The van der Waals surface area contributed by atoms with Gasteiger partial charge in [0.1, 0.15) is 11.3 Å². The lowest BCUT2D eigenvalue weighted by Crippen LogP contribution is -2.40.